The van der Waals surface area contributed by atoms with Gasteiger partial charge >= 0.3 is 0 Å². The van der Waals surface area contributed by atoms with E-state index in [-0.39, 0.29) is 5.75 Å². The van der Waals surface area contributed by atoms with Crippen LogP contribution in [0.4, 0.5) is 0 Å². The molecule has 0 bridgehead atoms. The molecule has 1 aromatic heterocycles. The minimum absolute atomic E-state index is 0.150. The first kappa shape index (κ1) is 12.4. The van der Waals surface area contributed by atoms with Crippen molar-refractivity contribution in [3.63, 3.8) is 0 Å². The van der Waals surface area contributed by atoms with Crippen molar-refractivity contribution in [3.8, 4) is 28.6 Å². The summed E-state index contributed by atoms with van der Waals surface area (Å²) in [7, 11) is 3.19. The number of ether oxygens (including phenoxy) is 2. The van der Waals surface area contributed by atoms with E-state index in [1.807, 2.05) is 24.3 Å². The normalized spacial score (nSPS) is 10.7. The lowest BCUT2D eigenvalue weighted by molar-refractivity contribution is 0.412. The van der Waals surface area contributed by atoms with Crippen molar-refractivity contribution < 1.29 is 19.0 Å². The van der Waals surface area contributed by atoms with Gasteiger partial charge in [-0.1, -0.05) is 0 Å². The molecule has 3 rings (SSSR count). The number of rotatable bonds is 3. The van der Waals surface area contributed by atoms with Crippen LogP contribution in [0.25, 0.3) is 22.3 Å². The Bertz CT molecular complexity index is 758. The van der Waals surface area contributed by atoms with Crippen LogP contribution in [0.15, 0.2) is 46.9 Å². The van der Waals surface area contributed by atoms with Crippen molar-refractivity contribution in [1.82, 2.24) is 0 Å². The number of phenols is 1. The van der Waals surface area contributed by atoms with E-state index in [1.54, 1.807) is 32.4 Å². The van der Waals surface area contributed by atoms with Crippen molar-refractivity contribution >= 4 is 11.0 Å². The fraction of sp³-hybridized carbons (Fsp3) is 0.125. The Morgan fingerprint density at radius 1 is 0.900 bits per heavy atom. The first-order valence-corrected chi connectivity index (χ1v) is 6.16. The molecular weight excluding hydrogens is 256 g/mol. The van der Waals surface area contributed by atoms with E-state index in [1.165, 1.54) is 0 Å². The van der Waals surface area contributed by atoms with E-state index in [0.29, 0.717) is 22.7 Å². The average molecular weight is 270 g/mol. The molecule has 0 saturated carbocycles. The van der Waals surface area contributed by atoms with Gasteiger partial charge in [0.1, 0.15) is 28.6 Å². The highest BCUT2D eigenvalue weighted by Crippen LogP contribution is 2.36. The van der Waals surface area contributed by atoms with Gasteiger partial charge in [0.05, 0.1) is 19.8 Å². The largest absolute Gasteiger partial charge is 0.507 e. The van der Waals surface area contributed by atoms with Crippen molar-refractivity contribution in [2.75, 3.05) is 14.2 Å². The monoisotopic (exact) mass is 270 g/mol. The predicted molar refractivity (Wildman–Crippen MR) is 76.4 cm³/mol. The fourth-order valence-corrected chi connectivity index (χ4v) is 2.11. The van der Waals surface area contributed by atoms with Gasteiger partial charge in [-0.15, -0.1) is 0 Å². The van der Waals surface area contributed by atoms with Crippen LogP contribution in [0.1, 0.15) is 0 Å². The van der Waals surface area contributed by atoms with Gasteiger partial charge in [-0.2, -0.15) is 0 Å². The molecule has 3 aromatic rings. The molecule has 0 aliphatic carbocycles. The minimum Gasteiger partial charge on any atom is -0.507 e. The van der Waals surface area contributed by atoms with Crippen molar-refractivity contribution in [3.05, 3.63) is 42.5 Å². The summed E-state index contributed by atoms with van der Waals surface area (Å²) in [5.41, 5.74) is 1.31. The standard InChI is InChI=1S/C16H14O4/c1-18-11-5-6-14(17)13(8-11)16-7-10-3-4-12(19-2)9-15(10)20-16/h3-9,17H,1-2H3. The van der Waals surface area contributed by atoms with Crippen molar-refractivity contribution in [2.24, 2.45) is 0 Å². The second kappa shape index (κ2) is 4.81. The summed E-state index contributed by atoms with van der Waals surface area (Å²) in [6, 6.07) is 12.5. The molecule has 0 radical (unpaired) electrons. The van der Waals surface area contributed by atoms with Crippen LogP contribution in [0, 0.1) is 0 Å². The highest BCUT2D eigenvalue weighted by molar-refractivity contribution is 5.85. The molecule has 102 valence electrons. The van der Waals surface area contributed by atoms with Crippen LogP contribution < -0.4 is 9.47 Å². The Morgan fingerprint density at radius 3 is 2.35 bits per heavy atom. The summed E-state index contributed by atoms with van der Waals surface area (Å²) >= 11 is 0. The smallest absolute Gasteiger partial charge is 0.139 e. The Labute approximate surface area is 116 Å². The second-order valence-corrected chi connectivity index (χ2v) is 4.40. The lowest BCUT2D eigenvalue weighted by Crippen LogP contribution is -1.83. The van der Waals surface area contributed by atoms with Gasteiger partial charge < -0.3 is 19.0 Å². The maximum atomic E-state index is 9.97. The molecule has 1 N–H and O–H groups in total. The highest BCUT2D eigenvalue weighted by Gasteiger charge is 2.12. The fourth-order valence-electron chi connectivity index (χ4n) is 2.11. The zero-order chi connectivity index (χ0) is 14.1. The molecule has 1 heterocycles. The number of fused-ring (bicyclic) bond motifs is 1. The molecule has 2 aromatic carbocycles. The summed E-state index contributed by atoms with van der Waals surface area (Å²) in [6.45, 7) is 0. The molecule has 0 aliphatic rings. The van der Waals surface area contributed by atoms with Gasteiger partial charge in [0.25, 0.3) is 0 Å². The molecule has 4 heteroatoms. The lowest BCUT2D eigenvalue weighted by Gasteiger charge is -2.04. The van der Waals surface area contributed by atoms with Crippen LogP contribution >= 0.6 is 0 Å². The number of hydrogen-bond acceptors (Lipinski definition) is 4. The van der Waals surface area contributed by atoms with Gasteiger partial charge in [-0.25, -0.2) is 0 Å². The van der Waals surface area contributed by atoms with Crippen molar-refractivity contribution in [1.29, 1.82) is 0 Å². The number of aromatic hydroxyl groups is 1. The average Bonchev–Trinajstić information content (AvgIpc) is 2.90. The van der Waals surface area contributed by atoms with E-state index in [4.69, 9.17) is 13.9 Å². The summed E-state index contributed by atoms with van der Waals surface area (Å²) in [5, 5.41) is 10.9. The van der Waals surface area contributed by atoms with Gasteiger partial charge in [-0.3, -0.25) is 0 Å². The molecule has 4 nitrogen and oxygen atoms in total. The second-order valence-electron chi connectivity index (χ2n) is 4.40. The summed E-state index contributed by atoms with van der Waals surface area (Å²) in [5.74, 6) is 2.13. The maximum absolute atomic E-state index is 9.97. The topological polar surface area (TPSA) is 51.8 Å². The van der Waals surface area contributed by atoms with Crippen LogP contribution in [0.3, 0.4) is 0 Å². The Balaban J connectivity index is 2.14. The molecule has 20 heavy (non-hydrogen) atoms. The Hall–Kier alpha value is -2.62. The predicted octanol–water partition coefficient (Wildman–Crippen LogP) is 3.82. The van der Waals surface area contributed by atoms with Gasteiger partial charge in [0, 0.05) is 11.5 Å². The van der Waals surface area contributed by atoms with Crippen LogP contribution in [0.5, 0.6) is 17.2 Å². The lowest BCUT2D eigenvalue weighted by atomic mass is 10.1. The third-order valence-electron chi connectivity index (χ3n) is 3.20. The van der Waals surface area contributed by atoms with Gasteiger partial charge in [0.2, 0.25) is 0 Å². The van der Waals surface area contributed by atoms with E-state index in [9.17, 15) is 5.11 Å². The number of phenolic OH excluding ortho intramolecular Hbond substituents is 1. The molecule has 0 fully saturated rings. The Morgan fingerprint density at radius 2 is 1.60 bits per heavy atom. The third kappa shape index (κ3) is 2.05. The van der Waals surface area contributed by atoms with Crippen LogP contribution in [0.2, 0.25) is 0 Å². The third-order valence-corrected chi connectivity index (χ3v) is 3.20. The summed E-state index contributed by atoms with van der Waals surface area (Å²) < 4.78 is 16.1. The van der Waals surface area contributed by atoms with Crippen molar-refractivity contribution in [2.45, 2.75) is 0 Å². The Kier molecular flexibility index (Phi) is 2.99. The van der Waals surface area contributed by atoms with E-state index in [2.05, 4.69) is 0 Å². The SMILES string of the molecule is COc1ccc(O)c(-c2cc3ccc(OC)cc3o2)c1. The zero-order valence-electron chi connectivity index (χ0n) is 11.2. The molecule has 0 saturated heterocycles. The van der Waals surface area contributed by atoms with E-state index in [0.717, 1.165) is 11.1 Å². The van der Waals surface area contributed by atoms with Gasteiger partial charge in [0.15, 0.2) is 0 Å². The quantitative estimate of drug-likeness (QED) is 0.786. The summed E-state index contributed by atoms with van der Waals surface area (Å²) in [4.78, 5) is 0. The molecule has 0 unspecified atom stereocenters. The first-order valence-electron chi connectivity index (χ1n) is 6.16. The highest BCUT2D eigenvalue weighted by atomic mass is 16.5. The number of methoxy groups -OCH3 is 2. The first-order chi connectivity index (χ1) is 9.71. The van der Waals surface area contributed by atoms with E-state index < -0.39 is 0 Å². The molecule has 0 amide bonds. The molecule has 0 spiro atoms. The molecule has 0 atom stereocenters. The maximum Gasteiger partial charge on any atom is 0.139 e. The molecular formula is C16H14O4. The number of benzene rings is 2. The van der Waals surface area contributed by atoms with Crippen LogP contribution in [-0.4, -0.2) is 19.3 Å². The van der Waals surface area contributed by atoms with Crippen LogP contribution in [-0.2, 0) is 0 Å². The van der Waals surface area contributed by atoms with Gasteiger partial charge in [-0.05, 0) is 36.4 Å². The number of furan rings is 1. The molecule has 0 aliphatic heterocycles. The minimum atomic E-state index is 0.150. The number of hydrogen-bond donors (Lipinski definition) is 1. The summed E-state index contributed by atoms with van der Waals surface area (Å²) in [6.07, 6.45) is 0. The van der Waals surface area contributed by atoms with E-state index >= 15 is 0 Å². The zero-order valence-corrected chi connectivity index (χ0v) is 11.2.